The first-order valence-corrected chi connectivity index (χ1v) is 6.95. The molecular formula is C15H24N2O2. The van der Waals surface area contributed by atoms with Crippen molar-refractivity contribution in [1.82, 2.24) is 0 Å². The molecule has 1 aliphatic heterocycles. The predicted octanol–water partition coefficient (Wildman–Crippen LogP) is 1.92. The normalized spacial score (nSPS) is 18.4. The number of methoxy groups -OCH3 is 1. The Morgan fingerprint density at radius 3 is 2.63 bits per heavy atom. The SMILES string of the molecule is COc1cccc(N2CCC(CO)CC2)c1C(C)N. The number of ether oxygens (including phenoxy) is 1. The lowest BCUT2D eigenvalue weighted by molar-refractivity contribution is 0.203. The molecule has 1 atom stereocenters. The van der Waals surface area contributed by atoms with E-state index in [9.17, 15) is 5.11 Å². The summed E-state index contributed by atoms with van der Waals surface area (Å²) in [5.41, 5.74) is 8.35. The number of aliphatic hydroxyl groups excluding tert-OH is 1. The summed E-state index contributed by atoms with van der Waals surface area (Å²) in [6, 6.07) is 6.03. The quantitative estimate of drug-likeness (QED) is 0.872. The maximum Gasteiger partial charge on any atom is 0.125 e. The average molecular weight is 264 g/mol. The Balaban J connectivity index is 2.25. The number of nitrogens with zero attached hydrogens (tertiary/aromatic N) is 1. The van der Waals surface area contributed by atoms with Gasteiger partial charge >= 0.3 is 0 Å². The second kappa shape index (κ2) is 6.26. The number of benzene rings is 1. The van der Waals surface area contributed by atoms with Crippen LogP contribution in [0.2, 0.25) is 0 Å². The molecule has 4 heteroatoms. The minimum absolute atomic E-state index is 0.0540. The molecule has 106 valence electrons. The number of rotatable bonds is 4. The molecule has 0 radical (unpaired) electrons. The fourth-order valence-corrected chi connectivity index (χ4v) is 2.80. The second-order valence-electron chi connectivity index (χ2n) is 5.29. The van der Waals surface area contributed by atoms with Crippen molar-refractivity contribution in [1.29, 1.82) is 0 Å². The highest BCUT2D eigenvalue weighted by Gasteiger charge is 2.23. The molecule has 0 spiro atoms. The second-order valence-corrected chi connectivity index (χ2v) is 5.29. The minimum Gasteiger partial charge on any atom is -0.496 e. The van der Waals surface area contributed by atoms with E-state index < -0.39 is 0 Å². The van der Waals surface area contributed by atoms with Crippen molar-refractivity contribution >= 4 is 5.69 Å². The fraction of sp³-hybridized carbons (Fsp3) is 0.600. The van der Waals surface area contributed by atoms with Gasteiger partial charge in [-0.25, -0.2) is 0 Å². The lowest BCUT2D eigenvalue weighted by Gasteiger charge is -2.35. The Morgan fingerprint density at radius 2 is 2.11 bits per heavy atom. The smallest absolute Gasteiger partial charge is 0.125 e. The number of hydrogen-bond donors (Lipinski definition) is 2. The predicted molar refractivity (Wildman–Crippen MR) is 77.6 cm³/mol. The largest absolute Gasteiger partial charge is 0.496 e. The van der Waals surface area contributed by atoms with E-state index in [1.807, 2.05) is 19.1 Å². The van der Waals surface area contributed by atoms with Gasteiger partial charge in [-0.2, -0.15) is 0 Å². The van der Waals surface area contributed by atoms with Crippen LogP contribution in [0.5, 0.6) is 5.75 Å². The van der Waals surface area contributed by atoms with E-state index in [2.05, 4.69) is 11.0 Å². The standard InChI is InChI=1S/C15H24N2O2/c1-11(16)15-13(4-3-5-14(15)19-2)17-8-6-12(10-18)7-9-17/h3-5,11-12,18H,6-10,16H2,1-2H3. The minimum atomic E-state index is -0.0540. The molecule has 3 N–H and O–H groups in total. The summed E-state index contributed by atoms with van der Waals surface area (Å²) < 4.78 is 5.43. The molecule has 1 aromatic rings. The van der Waals surface area contributed by atoms with Gasteiger partial charge in [-0.05, 0) is 37.8 Å². The van der Waals surface area contributed by atoms with Gasteiger partial charge in [-0.15, -0.1) is 0 Å². The highest BCUT2D eigenvalue weighted by atomic mass is 16.5. The van der Waals surface area contributed by atoms with E-state index in [1.54, 1.807) is 7.11 Å². The Hall–Kier alpha value is -1.26. The van der Waals surface area contributed by atoms with Crippen LogP contribution in [0, 0.1) is 5.92 Å². The molecule has 1 heterocycles. The molecule has 0 aliphatic carbocycles. The molecule has 1 unspecified atom stereocenters. The summed E-state index contributed by atoms with van der Waals surface area (Å²) >= 11 is 0. The summed E-state index contributed by atoms with van der Waals surface area (Å²) in [4.78, 5) is 2.35. The molecule has 0 bridgehead atoms. The van der Waals surface area contributed by atoms with E-state index >= 15 is 0 Å². The van der Waals surface area contributed by atoms with Crippen LogP contribution >= 0.6 is 0 Å². The third kappa shape index (κ3) is 3.01. The molecular weight excluding hydrogens is 240 g/mol. The third-order valence-corrected chi connectivity index (χ3v) is 3.93. The zero-order valence-electron chi connectivity index (χ0n) is 11.8. The van der Waals surface area contributed by atoms with Gasteiger partial charge in [0.2, 0.25) is 0 Å². The van der Waals surface area contributed by atoms with Crippen LogP contribution in [0.15, 0.2) is 18.2 Å². The summed E-state index contributed by atoms with van der Waals surface area (Å²) in [7, 11) is 1.68. The Kier molecular flexibility index (Phi) is 4.66. The lowest BCUT2D eigenvalue weighted by atomic mass is 9.96. The van der Waals surface area contributed by atoms with Gasteiger partial charge in [-0.3, -0.25) is 0 Å². The highest BCUT2D eigenvalue weighted by molar-refractivity contribution is 5.61. The van der Waals surface area contributed by atoms with Gasteiger partial charge in [-0.1, -0.05) is 6.07 Å². The van der Waals surface area contributed by atoms with Crippen molar-refractivity contribution in [2.75, 3.05) is 31.7 Å². The molecule has 2 rings (SSSR count). The summed E-state index contributed by atoms with van der Waals surface area (Å²) in [5, 5.41) is 9.21. The number of nitrogens with two attached hydrogens (primary N) is 1. The van der Waals surface area contributed by atoms with Crippen molar-refractivity contribution in [3.8, 4) is 5.75 Å². The van der Waals surface area contributed by atoms with Gasteiger partial charge < -0.3 is 20.5 Å². The van der Waals surface area contributed by atoms with E-state index in [4.69, 9.17) is 10.5 Å². The molecule has 1 aromatic carbocycles. The Bertz CT molecular complexity index is 413. The number of anilines is 1. The number of hydrogen-bond acceptors (Lipinski definition) is 4. The molecule has 1 saturated heterocycles. The Labute approximate surface area is 115 Å². The molecule has 4 nitrogen and oxygen atoms in total. The number of piperidine rings is 1. The van der Waals surface area contributed by atoms with Crippen LogP contribution in [-0.2, 0) is 0 Å². The molecule has 1 aliphatic rings. The maximum absolute atomic E-state index is 9.21. The van der Waals surface area contributed by atoms with Crippen molar-refractivity contribution < 1.29 is 9.84 Å². The van der Waals surface area contributed by atoms with Gasteiger partial charge in [0.15, 0.2) is 0 Å². The van der Waals surface area contributed by atoms with Crippen LogP contribution < -0.4 is 15.4 Å². The van der Waals surface area contributed by atoms with Crippen molar-refractivity contribution in [3.05, 3.63) is 23.8 Å². The first-order chi connectivity index (χ1) is 9.17. The third-order valence-electron chi connectivity index (χ3n) is 3.93. The highest BCUT2D eigenvalue weighted by Crippen LogP contribution is 2.35. The van der Waals surface area contributed by atoms with Crippen molar-refractivity contribution in [2.24, 2.45) is 11.7 Å². The van der Waals surface area contributed by atoms with Crippen molar-refractivity contribution in [2.45, 2.75) is 25.8 Å². The van der Waals surface area contributed by atoms with Crippen LogP contribution in [0.4, 0.5) is 5.69 Å². The molecule has 19 heavy (non-hydrogen) atoms. The average Bonchev–Trinajstić information content (AvgIpc) is 2.46. The zero-order chi connectivity index (χ0) is 13.8. The van der Waals surface area contributed by atoms with Crippen molar-refractivity contribution in [3.63, 3.8) is 0 Å². The van der Waals surface area contributed by atoms with E-state index in [0.29, 0.717) is 12.5 Å². The lowest BCUT2D eigenvalue weighted by Crippen LogP contribution is -2.35. The summed E-state index contributed by atoms with van der Waals surface area (Å²) in [5.74, 6) is 1.30. The monoisotopic (exact) mass is 264 g/mol. The summed E-state index contributed by atoms with van der Waals surface area (Å²) in [6.07, 6.45) is 2.07. The van der Waals surface area contributed by atoms with E-state index in [0.717, 1.165) is 37.2 Å². The van der Waals surface area contributed by atoms with Crippen LogP contribution in [0.25, 0.3) is 0 Å². The van der Waals surface area contributed by atoms with Gasteiger partial charge in [0, 0.05) is 37.0 Å². The molecule has 0 aromatic heterocycles. The molecule has 0 saturated carbocycles. The van der Waals surface area contributed by atoms with E-state index in [-0.39, 0.29) is 6.04 Å². The van der Waals surface area contributed by atoms with Crippen LogP contribution in [-0.4, -0.2) is 31.9 Å². The number of aliphatic hydroxyl groups is 1. The zero-order valence-corrected chi connectivity index (χ0v) is 11.8. The van der Waals surface area contributed by atoms with Gasteiger partial charge in [0.05, 0.1) is 7.11 Å². The fourth-order valence-electron chi connectivity index (χ4n) is 2.80. The summed E-state index contributed by atoms with van der Waals surface area (Å²) in [6.45, 7) is 4.23. The van der Waals surface area contributed by atoms with Crippen LogP contribution in [0.3, 0.4) is 0 Å². The Morgan fingerprint density at radius 1 is 1.42 bits per heavy atom. The van der Waals surface area contributed by atoms with Gasteiger partial charge in [0.25, 0.3) is 0 Å². The molecule has 0 amide bonds. The topological polar surface area (TPSA) is 58.7 Å². The first kappa shape index (κ1) is 14.2. The van der Waals surface area contributed by atoms with E-state index in [1.165, 1.54) is 5.69 Å². The van der Waals surface area contributed by atoms with Crippen LogP contribution in [0.1, 0.15) is 31.4 Å². The molecule has 1 fully saturated rings. The van der Waals surface area contributed by atoms with Gasteiger partial charge in [0.1, 0.15) is 5.75 Å². The maximum atomic E-state index is 9.21. The first-order valence-electron chi connectivity index (χ1n) is 6.95.